The number of rotatable bonds is 9. The monoisotopic (exact) mass is 318 g/mol. The van der Waals surface area contributed by atoms with Crippen LogP contribution >= 0.6 is 0 Å². The lowest BCUT2D eigenvalue weighted by molar-refractivity contribution is -0.156. The largest absolute Gasteiger partial charge is 0.481 e. The van der Waals surface area contributed by atoms with Gasteiger partial charge in [0.25, 0.3) is 0 Å². The number of aliphatic carboxylic acids is 1. The Morgan fingerprint density at radius 3 is 2.39 bits per heavy atom. The van der Waals surface area contributed by atoms with E-state index in [4.69, 9.17) is 4.74 Å². The van der Waals surface area contributed by atoms with Crippen LogP contribution in [0.2, 0.25) is 0 Å². The standard InChI is InChI=1S/C19H26O4/c1-4-8-17(16(19(21)22)13-14(2)3)23-18(20)12-11-15-9-6-5-7-10-15/h5-7,9-12,14,16-17H,4,8,13H2,1-3H3,(H,21,22). The summed E-state index contributed by atoms with van der Waals surface area (Å²) in [4.78, 5) is 23.5. The Balaban J connectivity index is 2.75. The Kier molecular flexibility index (Phi) is 8.09. The molecular weight excluding hydrogens is 292 g/mol. The lowest BCUT2D eigenvalue weighted by atomic mass is 9.90. The molecule has 0 fully saturated rings. The number of ether oxygens (including phenoxy) is 1. The summed E-state index contributed by atoms with van der Waals surface area (Å²) in [6.07, 6.45) is 4.25. The Labute approximate surface area is 138 Å². The van der Waals surface area contributed by atoms with Crippen molar-refractivity contribution in [2.45, 2.75) is 46.1 Å². The van der Waals surface area contributed by atoms with Crippen molar-refractivity contribution in [3.05, 3.63) is 42.0 Å². The Bertz CT molecular complexity index is 519. The molecule has 2 unspecified atom stereocenters. The summed E-state index contributed by atoms with van der Waals surface area (Å²) < 4.78 is 5.43. The van der Waals surface area contributed by atoms with E-state index in [9.17, 15) is 14.7 Å². The van der Waals surface area contributed by atoms with E-state index in [1.165, 1.54) is 6.08 Å². The first-order valence-electron chi connectivity index (χ1n) is 8.10. The van der Waals surface area contributed by atoms with Gasteiger partial charge in [-0.05, 0) is 30.4 Å². The number of carbonyl (C=O) groups is 2. The van der Waals surface area contributed by atoms with Crippen LogP contribution in [0.3, 0.4) is 0 Å². The molecule has 0 aromatic heterocycles. The predicted octanol–water partition coefficient (Wildman–Crippen LogP) is 4.16. The fraction of sp³-hybridized carbons (Fsp3) is 0.474. The van der Waals surface area contributed by atoms with Crippen molar-refractivity contribution in [2.24, 2.45) is 11.8 Å². The highest BCUT2D eigenvalue weighted by molar-refractivity contribution is 5.87. The Hall–Kier alpha value is -2.10. The number of benzene rings is 1. The van der Waals surface area contributed by atoms with Crippen molar-refractivity contribution in [2.75, 3.05) is 0 Å². The van der Waals surface area contributed by atoms with Crippen molar-refractivity contribution in [3.63, 3.8) is 0 Å². The maximum atomic E-state index is 12.0. The van der Waals surface area contributed by atoms with Crippen molar-refractivity contribution in [1.29, 1.82) is 0 Å². The van der Waals surface area contributed by atoms with Crippen LogP contribution in [0.1, 0.15) is 45.6 Å². The molecule has 0 aliphatic heterocycles. The van der Waals surface area contributed by atoms with E-state index >= 15 is 0 Å². The highest BCUT2D eigenvalue weighted by Crippen LogP contribution is 2.22. The lowest BCUT2D eigenvalue weighted by Crippen LogP contribution is -2.33. The second-order valence-electron chi connectivity index (χ2n) is 6.08. The first-order valence-corrected chi connectivity index (χ1v) is 8.10. The van der Waals surface area contributed by atoms with Gasteiger partial charge in [-0.15, -0.1) is 0 Å². The average molecular weight is 318 g/mol. The SMILES string of the molecule is CCCC(OC(=O)C=Cc1ccccc1)C(CC(C)C)C(=O)O. The first kappa shape index (κ1) is 18.9. The maximum absolute atomic E-state index is 12.0. The maximum Gasteiger partial charge on any atom is 0.331 e. The smallest absolute Gasteiger partial charge is 0.331 e. The summed E-state index contributed by atoms with van der Waals surface area (Å²) in [5, 5.41) is 9.43. The summed E-state index contributed by atoms with van der Waals surface area (Å²) in [5.41, 5.74) is 0.897. The van der Waals surface area contributed by atoms with Crippen molar-refractivity contribution >= 4 is 18.0 Å². The summed E-state index contributed by atoms with van der Waals surface area (Å²) in [6.45, 7) is 5.89. The minimum Gasteiger partial charge on any atom is -0.481 e. The Morgan fingerprint density at radius 1 is 1.22 bits per heavy atom. The summed E-state index contributed by atoms with van der Waals surface area (Å²) in [6, 6.07) is 9.43. The molecule has 2 atom stereocenters. The average Bonchev–Trinajstić information content (AvgIpc) is 2.51. The van der Waals surface area contributed by atoms with Gasteiger partial charge < -0.3 is 9.84 Å². The van der Waals surface area contributed by atoms with Gasteiger partial charge in [0, 0.05) is 6.08 Å². The van der Waals surface area contributed by atoms with Gasteiger partial charge >= 0.3 is 11.9 Å². The van der Waals surface area contributed by atoms with Crippen LogP contribution in [0.4, 0.5) is 0 Å². The van der Waals surface area contributed by atoms with Crippen LogP contribution in [0.25, 0.3) is 6.08 Å². The molecule has 1 rings (SSSR count). The predicted molar refractivity (Wildman–Crippen MR) is 90.8 cm³/mol. The minimum atomic E-state index is -0.906. The highest BCUT2D eigenvalue weighted by atomic mass is 16.5. The molecule has 0 saturated heterocycles. The number of esters is 1. The minimum absolute atomic E-state index is 0.231. The van der Waals surface area contributed by atoms with Crippen LogP contribution in [-0.2, 0) is 14.3 Å². The van der Waals surface area contributed by atoms with E-state index in [2.05, 4.69) is 0 Å². The lowest BCUT2D eigenvalue weighted by Gasteiger charge is -2.24. The second-order valence-corrected chi connectivity index (χ2v) is 6.08. The zero-order chi connectivity index (χ0) is 17.2. The second kappa shape index (κ2) is 9.82. The molecule has 0 radical (unpaired) electrons. The number of carboxylic acids is 1. The zero-order valence-corrected chi connectivity index (χ0v) is 14.1. The molecule has 4 heteroatoms. The van der Waals surface area contributed by atoms with Gasteiger partial charge in [0.05, 0.1) is 5.92 Å². The molecule has 0 heterocycles. The molecule has 23 heavy (non-hydrogen) atoms. The molecule has 126 valence electrons. The molecule has 1 N–H and O–H groups in total. The van der Waals surface area contributed by atoms with Gasteiger partial charge in [0.1, 0.15) is 6.10 Å². The molecule has 4 nitrogen and oxygen atoms in total. The normalized spacial score (nSPS) is 13.9. The quantitative estimate of drug-likeness (QED) is 0.548. The molecule has 1 aromatic carbocycles. The van der Waals surface area contributed by atoms with Crippen molar-refractivity contribution in [3.8, 4) is 0 Å². The molecule has 0 saturated carbocycles. The first-order chi connectivity index (χ1) is 10.9. The summed E-state index contributed by atoms with van der Waals surface area (Å²) in [5.74, 6) is -1.84. The van der Waals surface area contributed by atoms with E-state index in [-0.39, 0.29) is 5.92 Å². The fourth-order valence-corrected chi connectivity index (χ4v) is 2.46. The molecule has 0 amide bonds. The summed E-state index contributed by atoms with van der Waals surface area (Å²) in [7, 11) is 0. The third-order valence-electron chi connectivity index (χ3n) is 3.54. The van der Waals surface area contributed by atoms with E-state index in [0.717, 1.165) is 12.0 Å². The number of carbonyl (C=O) groups excluding carboxylic acids is 1. The molecule has 1 aromatic rings. The fourth-order valence-electron chi connectivity index (χ4n) is 2.46. The van der Waals surface area contributed by atoms with Crippen molar-refractivity contribution in [1.82, 2.24) is 0 Å². The van der Waals surface area contributed by atoms with Crippen molar-refractivity contribution < 1.29 is 19.4 Å². The van der Waals surface area contributed by atoms with Gasteiger partial charge in [-0.25, -0.2) is 4.79 Å². The number of carboxylic acid groups (broad SMARTS) is 1. The molecular formula is C19H26O4. The van der Waals surface area contributed by atoms with Crippen LogP contribution in [0.5, 0.6) is 0 Å². The van der Waals surface area contributed by atoms with Crippen LogP contribution in [0, 0.1) is 11.8 Å². The van der Waals surface area contributed by atoms with Crippen LogP contribution in [0.15, 0.2) is 36.4 Å². The topological polar surface area (TPSA) is 63.6 Å². The molecule has 0 bridgehead atoms. The third-order valence-corrected chi connectivity index (χ3v) is 3.54. The van der Waals surface area contributed by atoms with E-state index in [0.29, 0.717) is 12.8 Å². The van der Waals surface area contributed by atoms with Crippen LogP contribution in [-0.4, -0.2) is 23.1 Å². The molecule has 0 aliphatic rings. The van der Waals surface area contributed by atoms with Crippen LogP contribution < -0.4 is 0 Å². The van der Waals surface area contributed by atoms with Gasteiger partial charge in [-0.2, -0.15) is 0 Å². The van der Waals surface area contributed by atoms with Gasteiger partial charge in [-0.3, -0.25) is 4.79 Å². The van der Waals surface area contributed by atoms with Gasteiger partial charge in [0.15, 0.2) is 0 Å². The molecule has 0 aliphatic carbocycles. The van der Waals surface area contributed by atoms with E-state index in [1.54, 1.807) is 6.08 Å². The van der Waals surface area contributed by atoms with E-state index < -0.39 is 24.0 Å². The Morgan fingerprint density at radius 2 is 1.87 bits per heavy atom. The zero-order valence-electron chi connectivity index (χ0n) is 14.1. The highest BCUT2D eigenvalue weighted by Gasteiger charge is 2.30. The summed E-state index contributed by atoms with van der Waals surface area (Å²) >= 11 is 0. The number of hydrogen-bond donors (Lipinski definition) is 1. The van der Waals surface area contributed by atoms with Gasteiger partial charge in [-0.1, -0.05) is 57.5 Å². The third kappa shape index (κ3) is 7.13. The number of hydrogen-bond acceptors (Lipinski definition) is 3. The van der Waals surface area contributed by atoms with Gasteiger partial charge in [0.2, 0.25) is 0 Å². The molecule has 0 spiro atoms. The van der Waals surface area contributed by atoms with E-state index in [1.807, 2.05) is 51.1 Å².